The summed E-state index contributed by atoms with van der Waals surface area (Å²) in [4.78, 5) is 24.1. The molecule has 6 atom stereocenters. The number of carbonyl (C=O) groups excluding carboxylic acids is 2. The van der Waals surface area contributed by atoms with Crippen LogP contribution in [-0.4, -0.2) is 55.0 Å². The van der Waals surface area contributed by atoms with Crippen LogP contribution in [0.25, 0.3) is 0 Å². The average Bonchev–Trinajstić information content (AvgIpc) is 2.99. The summed E-state index contributed by atoms with van der Waals surface area (Å²) in [5, 5.41) is 10.7. The number of carbonyl (C=O) groups is 2. The van der Waals surface area contributed by atoms with Gasteiger partial charge in [0.05, 0.1) is 32.3 Å². The van der Waals surface area contributed by atoms with Gasteiger partial charge in [-0.15, -0.1) is 12.3 Å². The van der Waals surface area contributed by atoms with E-state index in [4.69, 9.17) is 30.1 Å². The molecule has 6 unspecified atom stereocenters. The molecule has 8 nitrogen and oxygen atoms in total. The van der Waals surface area contributed by atoms with E-state index in [0.29, 0.717) is 12.8 Å². The molecule has 1 saturated carbocycles. The first-order valence-electron chi connectivity index (χ1n) is 9.78. The summed E-state index contributed by atoms with van der Waals surface area (Å²) in [6.07, 6.45) is 3.20. The highest BCUT2D eigenvalue weighted by Crippen LogP contribution is 2.57. The van der Waals surface area contributed by atoms with E-state index in [1.165, 1.54) is 14.0 Å². The van der Waals surface area contributed by atoms with Crippen LogP contribution in [0, 0.1) is 24.2 Å². The molecule has 0 aromatic heterocycles. The topological polar surface area (TPSA) is 101 Å². The van der Waals surface area contributed by atoms with Crippen LogP contribution >= 0.6 is 0 Å². The third-order valence-corrected chi connectivity index (χ3v) is 5.34. The maximum absolute atomic E-state index is 12.4. The maximum atomic E-state index is 12.4. The van der Waals surface area contributed by atoms with E-state index in [0.717, 1.165) is 5.56 Å². The third-order valence-electron chi connectivity index (χ3n) is 5.34. The van der Waals surface area contributed by atoms with Gasteiger partial charge in [0.15, 0.2) is 18.2 Å². The predicted octanol–water partition coefficient (Wildman–Crippen LogP) is 1.40. The summed E-state index contributed by atoms with van der Waals surface area (Å²) < 4.78 is 28.1. The number of rotatable bonds is 9. The number of hydrogen-bond donors (Lipinski definition) is 1. The van der Waals surface area contributed by atoms with Gasteiger partial charge in [-0.1, -0.05) is 30.3 Å². The zero-order valence-corrected chi connectivity index (χ0v) is 17.0. The Morgan fingerprint density at radius 2 is 2.03 bits per heavy atom. The van der Waals surface area contributed by atoms with Crippen molar-refractivity contribution in [3.05, 3.63) is 35.9 Å². The van der Waals surface area contributed by atoms with Gasteiger partial charge in [-0.05, 0) is 12.0 Å². The minimum atomic E-state index is -1.54. The van der Waals surface area contributed by atoms with Crippen molar-refractivity contribution in [2.75, 3.05) is 13.7 Å². The first kappa shape index (κ1) is 22.2. The van der Waals surface area contributed by atoms with Crippen molar-refractivity contribution < 1.29 is 38.4 Å². The zero-order chi connectivity index (χ0) is 21.7. The largest absolute Gasteiger partial charge is 0.469 e. The Hall–Kier alpha value is -2.44. The van der Waals surface area contributed by atoms with Crippen LogP contribution in [0.5, 0.6) is 0 Å². The van der Waals surface area contributed by atoms with Gasteiger partial charge >= 0.3 is 11.9 Å². The summed E-state index contributed by atoms with van der Waals surface area (Å²) in [5.41, 5.74) is 0.849. The van der Waals surface area contributed by atoms with E-state index >= 15 is 0 Å². The lowest BCUT2D eigenvalue weighted by Crippen LogP contribution is -2.70. The number of aliphatic hydroxyl groups excluding tert-OH is 1. The fourth-order valence-corrected chi connectivity index (χ4v) is 4.01. The Labute approximate surface area is 175 Å². The van der Waals surface area contributed by atoms with E-state index in [2.05, 4.69) is 5.92 Å². The van der Waals surface area contributed by atoms with Crippen molar-refractivity contribution in [1.29, 1.82) is 0 Å². The summed E-state index contributed by atoms with van der Waals surface area (Å²) in [5.74, 6) is -2.18. The molecule has 0 spiro atoms. The normalized spacial score (nSPS) is 31.9. The molecule has 1 aliphatic heterocycles. The molecule has 0 bridgehead atoms. The second-order valence-corrected chi connectivity index (χ2v) is 7.25. The molecule has 1 aromatic carbocycles. The smallest absolute Gasteiger partial charge is 0.316 e. The molecule has 2 fully saturated rings. The Kier molecular flexibility index (Phi) is 7.10. The molecule has 1 aromatic rings. The van der Waals surface area contributed by atoms with E-state index in [1.807, 2.05) is 30.3 Å². The van der Waals surface area contributed by atoms with Gasteiger partial charge in [0.2, 0.25) is 0 Å². The molecule has 1 N–H and O–H groups in total. The lowest BCUT2D eigenvalue weighted by Gasteiger charge is -2.52. The summed E-state index contributed by atoms with van der Waals surface area (Å²) in [6, 6.07) is 9.31. The van der Waals surface area contributed by atoms with Crippen LogP contribution in [0.4, 0.5) is 0 Å². The van der Waals surface area contributed by atoms with Gasteiger partial charge in [0.1, 0.15) is 5.92 Å². The average molecular weight is 418 g/mol. The van der Waals surface area contributed by atoms with Crippen LogP contribution in [-0.2, 0) is 39.9 Å². The van der Waals surface area contributed by atoms with E-state index in [9.17, 15) is 14.7 Å². The zero-order valence-electron chi connectivity index (χ0n) is 17.0. The van der Waals surface area contributed by atoms with Crippen molar-refractivity contribution in [2.24, 2.45) is 11.8 Å². The number of hydrogen-bond acceptors (Lipinski definition) is 8. The monoisotopic (exact) mass is 418 g/mol. The van der Waals surface area contributed by atoms with Crippen LogP contribution in [0.15, 0.2) is 30.3 Å². The molecule has 3 rings (SSSR count). The fourth-order valence-electron chi connectivity index (χ4n) is 4.01. The van der Waals surface area contributed by atoms with Crippen LogP contribution in [0.2, 0.25) is 0 Å². The molecule has 8 heteroatoms. The molecule has 1 heterocycles. The number of terminal acetylenes is 1. The molecular weight excluding hydrogens is 392 g/mol. The van der Waals surface area contributed by atoms with Crippen LogP contribution < -0.4 is 0 Å². The Balaban J connectivity index is 1.85. The fraction of sp³-hybridized carbons (Fsp3) is 0.545. The first-order valence-corrected chi connectivity index (χ1v) is 9.78. The van der Waals surface area contributed by atoms with Gasteiger partial charge in [0.25, 0.3) is 0 Å². The number of aliphatic hydroxyl groups is 1. The minimum Gasteiger partial charge on any atom is -0.469 e. The minimum absolute atomic E-state index is 0.119. The highest BCUT2D eigenvalue weighted by Gasteiger charge is 2.77. The van der Waals surface area contributed by atoms with Gasteiger partial charge in [0, 0.05) is 13.3 Å². The van der Waals surface area contributed by atoms with Crippen molar-refractivity contribution in [1.82, 2.24) is 0 Å². The summed E-state index contributed by atoms with van der Waals surface area (Å²) in [7, 11) is 1.22. The summed E-state index contributed by atoms with van der Waals surface area (Å²) in [6.45, 7) is 1.63. The van der Waals surface area contributed by atoms with E-state index in [1.54, 1.807) is 0 Å². The standard InChI is InChI=1S/C22H26O8/c1-4-5-9-12-27-21-19(29-14(2)23)16-18(24)17(20(25)26-3)22(16,30-21)28-13-15-10-7-6-8-11-15/h1,6-8,10-11,16-19,21,24H,5,9,12-13H2,2-3H3. The number of fused-ring (bicyclic) bond motifs is 1. The SMILES string of the molecule is C#CCCCOC1OC2(OCc3ccccc3)C(C(=O)OC)C(O)C2C1OC(C)=O. The highest BCUT2D eigenvalue weighted by molar-refractivity contribution is 5.76. The number of benzene rings is 1. The van der Waals surface area contributed by atoms with Gasteiger partial charge < -0.3 is 28.8 Å². The van der Waals surface area contributed by atoms with Crippen LogP contribution in [0.1, 0.15) is 25.3 Å². The number of unbranched alkanes of at least 4 members (excludes halogenated alkanes) is 1. The van der Waals surface area contributed by atoms with Gasteiger partial charge in [-0.3, -0.25) is 9.59 Å². The van der Waals surface area contributed by atoms with E-state index in [-0.39, 0.29) is 13.2 Å². The molecule has 2 aliphatic rings. The summed E-state index contributed by atoms with van der Waals surface area (Å²) >= 11 is 0. The second kappa shape index (κ2) is 9.58. The second-order valence-electron chi connectivity index (χ2n) is 7.25. The van der Waals surface area contributed by atoms with Gasteiger partial charge in [-0.25, -0.2) is 0 Å². The van der Waals surface area contributed by atoms with Crippen molar-refractivity contribution in [2.45, 2.75) is 50.7 Å². The lowest BCUT2D eigenvalue weighted by atomic mass is 9.64. The number of methoxy groups -OCH3 is 1. The maximum Gasteiger partial charge on any atom is 0.316 e. The molecule has 1 saturated heterocycles. The van der Waals surface area contributed by atoms with Crippen molar-refractivity contribution in [3.8, 4) is 12.3 Å². The lowest BCUT2D eigenvalue weighted by molar-refractivity contribution is -0.365. The Morgan fingerprint density at radius 3 is 2.67 bits per heavy atom. The predicted molar refractivity (Wildman–Crippen MR) is 103 cm³/mol. The Morgan fingerprint density at radius 1 is 1.30 bits per heavy atom. The molecule has 0 radical (unpaired) electrons. The van der Waals surface area contributed by atoms with Crippen molar-refractivity contribution >= 4 is 11.9 Å². The number of ether oxygens (including phenoxy) is 5. The quantitative estimate of drug-likeness (QED) is 0.365. The highest BCUT2D eigenvalue weighted by atomic mass is 16.8. The molecular formula is C22H26O8. The third kappa shape index (κ3) is 4.20. The molecule has 162 valence electrons. The van der Waals surface area contributed by atoms with Gasteiger partial charge in [-0.2, -0.15) is 0 Å². The number of esters is 2. The van der Waals surface area contributed by atoms with Crippen molar-refractivity contribution in [3.63, 3.8) is 0 Å². The Bertz CT molecular complexity index is 788. The van der Waals surface area contributed by atoms with Crippen LogP contribution in [0.3, 0.4) is 0 Å². The first-order chi connectivity index (χ1) is 14.4. The molecule has 1 aliphatic carbocycles. The molecule has 30 heavy (non-hydrogen) atoms. The molecule has 0 amide bonds. The van der Waals surface area contributed by atoms with E-state index < -0.39 is 48.1 Å².